The summed E-state index contributed by atoms with van der Waals surface area (Å²) in [5.41, 5.74) is 1.26. The molecule has 3 rings (SSSR count). The molecule has 5 nitrogen and oxygen atoms in total. The number of nitrogens with two attached hydrogens (primary N) is 1. The standard InChI is InChI=1S/C13H18N2O3S3/c14-21(17,18)10-2-1-4-15(7-10)13(16)12-6-9-8-19-5-3-11(9)20-12/h6,10H,1-5,7-8H2,(H2,14,17,18). The molecule has 0 aliphatic carbocycles. The average Bonchev–Trinajstić information content (AvgIpc) is 2.89. The van der Waals surface area contributed by atoms with Crippen LogP contribution < -0.4 is 5.14 Å². The summed E-state index contributed by atoms with van der Waals surface area (Å²) in [4.78, 5) is 16.3. The molecule has 8 heteroatoms. The molecule has 0 aromatic carbocycles. The smallest absolute Gasteiger partial charge is 0.263 e. The summed E-state index contributed by atoms with van der Waals surface area (Å²) in [6.07, 6.45) is 2.26. The molecule has 2 N–H and O–H groups in total. The quantitative estimate of drug-likeness (QED) is 0.878. The van der Waals surface area contributed by atoms with Crippen LogP contribution in [0.15, 0.2) is 6.07 Å². The molecular weight excluding hydrogens is 328 g/mol. The van der Waals surface area contributed by atoms with Crippen LogP contribution in [0.4, 0.5) is 0 Å². The molecule has 1 aromatic heterocycles. The second-order valence-corrected chi connectivity index (χ2v) is 9.55. The number of piperidine rings is 1. The second-order valence-electron chi connectivity index (χ2n) is 5.47. The van der Waals surface area contributed by atoms with Gasteiger partial charge in [0.05, 0.1) is 10.1 Å². The van der Waals surface area contributed by atoms with Crippen LogP contribution in [0.5, 0.6) is 0 Å². The molecule has 2 aliphatic heterocycles. The summed E-state index contributed by atoms with van der Waals surface area (Å²) in [5, 5.41) is 4.60. The highest BCUT2D eigenvalue weighted by Crippen LogP contribution is 2.32. The van der Waals surface area contributed by atoms with Crippen molar-refractivity contribution < 1.29 is 13.2 Å². The van der Waals surface area contributed by atoms with E-state index in [9.17, 15) is 13.2 Å². The van der Waals surface area contributed by atoms with Crippen molar-refractivity contribution >= 4 is 39.0 Å². The summed E-state index contributed by atoms with van der Waals surface area (Å²) < 4.78 is 23.0. The van der Waals surface area contributed by atoms with Crippen molar-refractivity contribution in [3.63, 3.8) is 0 Å². The number of carbonyl (C=O) groups is 1. The third-order valence-corrected chi connectivity index (χ3v) is 7.52. The van der Waals surface area contributed by atoms with Crippen molar-refractivity contribution in [2.45, 2.75) is 30.3 Å². The van der Waals surface area contributed by atoms with Gasteiger partial charge in [-0.1, -0.05) is 0 Å². The van der Waals surface area contributed by atoms with Gasteiger partial charge in [-0.2, -0.15) is 11.8 Å². The van der Waals surface area contributed by atoms with Crippen LogP contribution in [-0.4, -0.2) is 43.3 Å². The lowest BCUT2D eigenvalue weighted by Crippen LogP contribution is -2.46. The second kappa shape index (κ2) is 5.91. The lowest BCUT2D eigenvalue weighted by molar-refractivity contribution is 0.0732. The van der Waals surface area contributed by atoms with E-state index < -0.39 is 15.3 Å². The fourth-order valence-corrected chi connectivity index (χ4v) is 6.02. The molecule has 3 heterocycles. The van der Waals surface area contributed by atoms with E-state index in [-0.39, 0.29) is 12.5 Å². The number of thiophene rings is 1. The van der Waals surface area contributed by atoms with Crippen LogP contribution in [0.25, 0.3) is 0 Å². The molecule has 1 unspecified atom stereocenters. The first kappa shape index (κ1) is 15.3. The van der Waals surface area contributed by atoms with E-state index in [2.05, 4.69) is 0 Å². The highest BCUT2D eigenvalue weighted by Gasteiger charge is 2.31. The number of carbonyl (C=O) groups excluding carboxylic acids is 1. The molecule has 0 radical (unpaired) electrons. The van der Waals surface area contributed by atoms with Crippen LogP contribution in [0.3, 0.4) is 0 Å². The number of hydrogen-bond donors (Lipinski definition) is 1. The molecule has 1 amide bonds. The first-order chi connectivity index (χ1) is 9.95. The van der Waals surface area contributed by atoms with Gasteiger partial charge in [0.1, 0.15) is 0 Å². The van der Waals surface area contributed by atoms with Gasteiger partial charge in [0.15, 0.2) is 0 Å². The SMILES string of the molecule is NS(=O)(=O)C1CCCN(C(=O)c2cc3c(s2)CCSC3)C1. The van der Waals surface area contributed by atoms with Gasteiger partial charge in [-0.3, -0.25) is 4.79 Å². The van der Waals surface area contributed by atoms with E-state index in [0.717, 1.165) is 22.8 Å². The molecular formula is C13H18N2O3S3. The largest absolute Gasteiger partial charge is 0.337 e. The third-order valence-electron chi connectivity index (χ3n) is 3.97. The van der Waals surface area contributed by atoms with Gasteiger partial charge in [-0.05, 0) is 36.6 Å². The Morgan fingerprint density at radius 3 is 2.95 bits per heavy atom. The molecule has 1 aromatic rings. The Morgan fingerprint density at radius 1 is 1.43 bits per heavy atom. The van der Waals surface area contributed by atoms with Crippen molar-refractivity contribution in [3.8, 4) is 0 Å². The van der Waals surface area contributed by atoms with Crippen LogP contribution in [0.2, 0.25) is 0 Å². The van der Waals surface area contributed by atoms with Crippen molar-refractivity contribution in [1.82, 2.24) is 4.90 Å². The van der Waals surface area contributed by atoms with E-state index >= 15 is 0 Å². The van der Waals surface area contributed by atoms with Crippen molar-refractivity contribution in [2.24, 2.45) is 5.14 Å². The van der Waals surface area contributed by atoms with Crippen LogP contribution in [-0.2, 0) is 22.2 Å². The van der Waals surface area contributed by atoms with E-state index in [1.807, 2.05) is 17.8 Å². The molecule has 0 bridgehead atoms. The number of rotatable bonds is 2. The molecule has 2 aliphatic rings. The lowest BCUT2D eigenvalue weighted by Gasteiger charge is -2.31. The Hall–Kier alpha value is -0.570. The lowest BCUT2D eigenvalue weighted by atomic mass is 10.1. The van der Waals surface area contributed by atoms with E-state index in [4.69, 9.17) is 5.14 Å². The number of aryl methyl sites for hydroxylation is 1. The highest BCUT2D eigenvalue weighted by atomic mass is 32.2. The summed E-state index contributed by atoms with van der Waals surface area (Å²) in [6, 6.07) is 1.98. The number of thioether (sulfide) groups is 1. The topological polar surface area (TPSA) is 80.5 Å². The molecule has 0 saturated carbocycles. The Morgan fingerprint density at radius 2 is 2.24 bits per heavy atom. The molecule has 1 saturated heterocycles. The number of fused-ring (bicyclic) bond motifs is 1. The first-order valence-corrected chi connectivity index (χ1v) is 10.5. The average molecular weight is 346 g/mol. The molecule has 1 atom stereocenters. The fraction of sp³-hybridized carbons (Fsp3) is 0.615. The monoisotopic (exact) mass is 346 g/mol. The minimum absolute atomic E-state index is 0.0484. The number of sulfonamides is 1. The number of likely N-dealkylation sites (tertiary alicyclic amines) is 1. The maximum Gasteiger partial charge on any atom is 0.263 e. The minimum Gasteiger partial charge on any atom is -0.337 e. The first-order valence-electron chi connectivity index (χ1n) is 6.95. The molecule has 1 fully saturated rings. The summed E-state index contributed by atoms with van der Waals surface area (Å²) in [6.45, 7) is 0.831. The van der Waals surface area contributed by atoms with Crippen LogP contribution >= 0.6 is 23.1 Å². The third kappa shape index (κ3) is 3.28. The minimum atomic E-state index is -3.57. The number of hydrogen-bond acceptors (Lipinski definition) is 5. The van der Waals surface area contributed by atoms with Crippen LogP contribution in [0, 0.1) is 0 Å². The fourth-order valence-electron chi connectivity index (χ4n) is 2.80. The summed E-state index contributed by atoms with van der Waals surface area (Å²) in [7, 11) is -3.57. The Labute approximate surface area is 132 Å². The van der Waals surface area contributed by atoms with Gasteiger partial charge in [-0.25, -0.2) is 13.6 Å². The van der Waals surface area contributed by atoms with Crippen molar-refractivity contribution in [1.29, 1.82) is 0 Å². The van der Waals surface area contributed by atoms with Gasteiger partial charge in [0.25, 0.3) is 5.91 Å². The zero-order valence-corrected chi connectivity index (χ0v) is 14.0. The van der Waals surface area contributed by atoms with Crippen molar-refractivity contribution in [2.75, 3.05) is 18.8 Å². The number of primary sulfonamides is 1. The Bertz CT molecular complexity index is 630. The normalized spacial score (nSPS) is 22.9. The maximum atomic E-state index is 12.6. The predicted molar refractivity (Wildman–Crippen MR) is 86.2 cm³/mol. The van der Waals surface area contributed by atoms with E-state index in [0.29, 0.717) is 19.4 Å². The van der Waals surface area contributed by atoms with E-state index in [1.54, 1.807) is 16.2 Å². The highest BCUT2D eigenvalue weighted by molar-refractivity contribution is 7.98. The summed E-state index contributed by atoms with van der Waals surface area (Å²) >= 11 is 3.45. The van der Waals surface area contributed by atoms with Gasteiger partial charge in [0.2, 0.25) is 10.0 Å². The number of nitrogens with zero attached hydrogens (tertiary/aromatic N) is 1. The molecule has 21 heavy (non-hydrogen) atoms. The van der Waals surface area contributed by atoms with E-state index in [1.165, 1.54) is 10.4 Å². The predicted octanol–water partition coefficient (Wildman–Crippen LogP) is 1.43. The number of amides is 1. The van der Waals surface area contributed by atoms with Gasteiger partial charge in [-0.15, -0.1) is 11.3 Å². The maximum absolute atomic E-state index is 12.6. The van der Waals surface area contributed by atoms with Crippen LogP contribution in [0.1, 0.15) is 33.0 Å². The van der Waals surface area contributed by atoms with Gasteiger partial charge >= 0.3 is 0 Å². The molecule has 116 valence electrons. The zero-order valence-electron chi connectivity index (χ0n) is 11.6. The van der Waals surface area contributed by atoms with Gasteiger partial charge in [0, 0.05) is 23.7 Å². The Kier molecular flexibility index (Phi) is 4.31. The van der Waals surface area contributed by atoms with Gasteiger partial charge < -0.3 is 4.90 Å². The zero-order chi connectivity index (χ0) is 15.0. The summed E-state index contributed by atoms with van der Waals surface area (Å²) in [5.74, 6) is 2.03. The Balaban J connectivity index is 1.77. The molecule has 0 spiro atoms. The van der Waals surface area contributed by atoms with Crippen molar-refractivity contribution in [3.05, 3.63) is 21.4 Å².